The third-order valence-electron chi connectivity index (χ3n) is 3.23. The standard InChI is InChI=1S/C20H23NO4/c1-20(2,3)25-19(23)21-10-11-24-18-9-5-8-17(13-18)16-7-4-6-15(12-16)14-22/h4-9,12-14H,10-11H2,1-3H3,(H,21,23). The number of nitrogens with one attached hydrogen (secondary N) is 1. The summed E-state index contributed by atoms with van der Waals surface area (Å²) >= 11 is 0. The lowest BCUT2D eigenvalue weighted by Crippen LogP contribution is -2.34. The van der Waals surface area contributed by atoms with Crippen molar-refractivity contribution in [1.82, 2.24) is 5.32 Å². The van der Waals surface area contributed by atoms with Crippen LogP contribution in [-0.2, 0) is 4.74 Å². The number of ether oxygens (including phenoxy) is 2. The Morgan fingerprint density at radius 1 is 1.08 bits per heavy atom. The molecule has 0 unspecified atom stereocenters. The van der Waals surface area contributed by atoms with E-state index in [0.29, 0.717) is 24.5 Å². The van der Waals surface area contributed by atoms with Crippen LogP contribution in [0.4, 0.5) is 4.79 Å². The van der Waals surface area contributed by atoms with Gasteiger partial charge in [0.25, 0.3) is 0 Å². The third kappa shape index (κ3) is 6.30. The molecule has 5 heteroatoms. The van der Waals surface area contributed by atoms with Crippen LogP contribution in [0, 0.1) is 0 Å². The van der Waals surface area contributed by atoms with E-state index in [9.17, 15) is 9.59 Å². The Hall–Kier alpha value is -2.82. The van der Waals surface area contributed by atoms with E-state index in [1.54, 1.807) is 6.07 Å². The molecule has 0 fully saturated rings. The van der Waals surface area contributed by atoms with Crippen molar-refractivity contribution in [2.75, 3.05) is 13.2 Å². The molecule has 0 aliphatic rings. The average molecular weight is 341 g/mol. The van der Waals surface area contributed by atoms with Gasteiger partial charge in [0.1, 0.15) is 24.2 Å². The van der Waals surface area contributed by atoms with Crippen LogP contribution in [0.25, 0.3) is 11.1 Å². The maximum Gasteiger partial charge on any atom is 0.407 e. The van der Waals surface area contributed by atoms with Crippen molar-refractivity contribution in [1.29, 1.82) is 0 Å². The molecular formula is C20H23NO4. The van der Waals surface area contributed by atoms with Gasteiger partial charge in [-0.05, 0) is 50.1 Å². The summed E-state index contributed by atoms with van der Waals surface area (Å²) < 4.78 is 10.8. The molecule has 0 heterocycles. The Morgan fingerprint density at radius 3 is 2.44 bits per heavy atom. The molecule has 0 aliphatic heterocycles. The monoisotopic (exact) mass is 341 g/mol. The van der Waals surface area contributed by atoms with Crippen LogP contribution < -0.4 is 10.1 Å². The molecule has 2 aromatic carbocycles. The minimum atomic E-state index is -0.519. The molecule has 0 bridgehead atoms. The number of carbonyl (C=O) groups excluding carboxylic acids is 2. The molecule has 0 radical (unpaired) electrons. The Balaban J connectivity index is 1.89. The van der Waals surface area contributed by atoms with Gasteiger partial charge in [0, 0.05) is 5.56 Å². The van der Waals surface area contributed by atoms with E-state index in [0.717, 1.165) is 17.4 Å². The number of benzene rings is 2. The average Bonchev–Trinajstić information content (AvgIpc) is 2.57. The first-order chi connectivity index (χ1) is 11.9. The van der Waals surface area contributed by atoms with E-state index in [1.165, 1.54) is 0 Å². The fourth-order valence-electron chi connectivity index (χ4n) is 2.19. The van der Waals surface area contributed by atoms with Crippen molar-refractivity contribution in [3.63, 3.8) is 0 Å². The Labute approximate surface area is 148 Å². The lowest BCUT2D eigenvalue weighted by atomic mass is 10.0. The fraction of sp³-hybridized carbons (Fsp3) is 0.300. The van der Waals surface area contributed by atoms with Crippen molar-refractivity contribution < 1.29 is 19.1 Å². The topological polar surface area (TPSA) is 64.6 Å². The number of amides is 1. The predicted octanol–water partition coefficient (Wildman–Crippen LogP) is 4.07. The molecule has 5 nitrogen and oxygen atoms in total. The molecule has 0 spiro atoms. The van der Waals surface area contributed by atoms with E-state index in [2.05, 4.69) is 5.32 Å². The van der Waals surface area contributed by atoms with Crippen LogP contribution >= 0.6 is 0 Å². The molecule has 2 rings (SSSR count). The van der Waals surface area contributed by atoms with E-state index in [-0.39, 0.29) is 0 Å². The summed E-state index contributed by atoms with van der Waals surface area (Å²) in [7, 11) is 0. The van der Waals surface area contributed by atoms with E-state index < -0.39 is 11.7 Å². The van der Waals surface area contributed by atoms with Crippen LogP contribution in [-0.4, -0.2) is 31.1 Å². The smallest absolute Gasteiger partial charge is 0.407 e. The van der Waals surface area contributed by atoms with Gasteiger partial charge in [-0.1, -0.05) is 30.3 Å². The molecule has 1 amide bonds. The van der Waals surface area contributed by atoms with Gasteiger partial charge in [0.2, 0.25) is 0 Å². The Kier molecular flexibility index (Phi) is 6.17. The second-order valence-electron chi connectivity index (χ2n) is 6.55. The number of hydrogen-bond donors (Lipinski definition) is 1. The van der Waals surface area contributed by atoms with Gasteiger partial charge in [0.05, 0.1) is 6.54 Å². The number of alkyl carbamates (subject to hydrolysis) is 1. The number of hydrogen-bond acceptors (Lipinski definition) is 4. The zero-order chi connectivity index (χ0) is 18.3. The van der Waals surface area contributed by atoms with Crippen LogP contribution in [0.15, 0.2) is 48.5 Å². The zero-order valence-electron chi connectivity index (χ0n) is 14.7. The Bertz CT molecular complexity index is 734. The number of carbonyl (C=O) groups is 2. The highest BCUT2D eigenvalue weighted by Crippen LogP contribution is 2.24. The van der Waals surface area contributed by atoms with Crippen LogP contribution in [0.2, 0.25) is 0 Å². The molecule has 0 atom stereocenters. The SMILES string of the molecule is CC(C)(C)OC(=O)NCCOc1cccc(-c2cccc(C=O)c2)c1. The first-order valence-corrected chi connectivity index (χ1v) is 8.13. The molecule has 0 aromatic heterocycles. The molecular weight excluding hydrogens is 318 g/mol. The highest BCUT2D eigenvalue weighted by Gasteiger charge is 2.15. The molecule has 0 saturated carbocycles. The van der Waals surface area contributed by atoms with E-state index >= 15 is 0 Å². The summed E-state index contributed by atoms with van der Waals surface area (Å²) in [5.41, 5.74) is 2.02. The van der Waals surface area contributed by atoms with Crippen molar-refractivity contribution in [2.45, 2.75) is 26.4 Å². The van der Waals surface area contributed by atoms with Gasteiger partial charge in [-0.2, -0.15) is 0 Å². The summed E-state index contributed by atoms with van der Waals surface area (Å²) in [6, 6.07) is 15.0. The quantitative estimate of drug-likeness (QED) is 0.635. The molecule has 132 valence electrons. The van der Waals surface area contributed by atoms with Crippen molar-refractivity contribution in [3.8, 4) is 16.9 Å². The normalized spacial score (nSPS) is 10.8. The molecule has 0 saturated heterocycles. The van der Waals surface area contributed by atoms with Gasteiger partial charge < -0.3 is 14.8 Å². The molecule has 1 N–H and O–H groups in total. The largest absolute Gasteiger partial charge is 0.492 e. The first-order valence-electron chi connectivity index (χ1n) is 8.13. The second kappa shape index (κ2) is 8.33. The minimum Gasteiger partial charge on any atom is -0.492 e. The third-order valence-corrected chi connectivity index (χ3v) is 3.23. The second-order valence-corrected chi connectivity index (χ2v) is 6.55. The maximum absolute atomic E-state index is 11.6. The summed E-state index contributed by atoms with van der Waals surface area (Å²) in [5.74, 6) is 0.694. The van der Waals surface area contributed by atoms with Crippen LogP contribution in [0.5, 0.6) is 5.75 Å². The van der Waals surface area contributed by atoms with Crippen LogP contribution in [0.3, 0.4) is 0 Å². The van der Waals surface area contributed by atoms with Gasteiger partial charge in [0.15, 0.2) is 0 Å². The lowest BCUT2D eigenvalue weighted by molar-refractivity contribution is 0.0520. The molecule has 25 heavy (non-hydrogen) atoms. The summed E-state index contributed by atoms with van der Waals surface area (Å²) in [5, 5.41) is 2.65. The summed E-state index contributed by atoms with van der Waals surface area (Å²) in [6.07, 6.45) is 0.363. The van der Waals surface area contributed by atoms with Crippen molar-refractivity contribution >= 4 is 12.4 Å². The lowest BCUT2D eigenvalue weighted by Gasteiger charge is -2.19. The van der Waals surface area contributed by atoms with E-state index in [4.69, 9.17) is 9.47 Å². The van der Waals surface area contributed by atoms with Gasteiger partial charge >= 0.3 is 6.09 Å². The predicted molar refractivity (Wildman–Crippen MR) is 97.0 cm³/mol. The fourth-order valence-corrected chi connectivity index (χ4v) is 2.19. The van der Waals surface area contributed by atoms with Gasteiger partial charge in [-0.15, -0.1) is 0 Å². The van der Waals surface area contributed by atoms with E-state index in [1.807, 2.05) is 63.2 Å². The zero-order valence-corrected chi connectivity index (χ0v) is 14.7. The molecule has 2 aromatic rings. The summed E-state index contributed by atoms with van der Waals surface area (Å²) in [4.78, 5) is 22.5. The number of aldehydes is 1. The highest BCUT2D eigenvalue weighted by atomic mass is 16.6. The summed E-state index contributed by atoms with van der Waals surface area (Å²) in [6.45, 7) is 6.12. The van der Waals surface area contributed by atoms with Gasteiger partial charge in [-0.25, -0.2) is 4.79 Å². The van der Waals surface area contributed by atoms with Crippen molar-refractivity contribution in [3.05, 3.63) is 54.1 Å². The maximum atomic E-state index is 11.6. The van der Waals surface area contributed by atoms with Gasteiger partial charge in [-0.3, -0.25) is 4.79 Å². The minimum absolute atomic E-state index is 0.330. The Morgan fingerprint density at radius 2 is 1.76 bits per heavy atom. The first kappa shape index (κ1) is 18.5. The number of rotatable bonds is 6. The van der Waals surface area contributed by atoms with Crippen LogP contribution in [0.1, 0.15) is 31.1 Å². The van der Waals surface area contributed by atoms with Crippen molar-refractivity contribution in [2.24, 2.45) is 0 Å². The highest BCUT2D eigenvalue weighted by molar-refractivity contribution is 5.79. The molecule has 0 aliphatic carbocycles.